The lowest BCUT2D eigenvalue weighted by atomic mass is 10.1. The molecule has 0 unspecified atom stereocenters. The minimum absolute atomic E-state index is 0.00824. The summed E-state index contributed by atoms with van der Waals surface area (Å²) in [5.41, 5.74) is 9.52. The summed E-state index contributed by atoms with van der Waals surface area (Å²) in [6.07, 6.45) is 11.5. The molecule has 28 heavy (non-hydrogen) atoms. The van der Waals surface area contributed by atoms with Crippen molar-refractivity contribution in [2.45, 2.75) is 72.5 Å². The predicted octanol–water partition coefficient (Wildman–Crippen LogP) is 6.25. The van der Waals surface area contributed by atoms with Crippen molar-refractivity contribution in [3.63, 3.8) is 0 Å². The Morgan fingerprint density at radius 3 is 1.07 bits per heavy atom. The smallest absolute Gasteiger partial charge is 0.0538 e. The quantitative estimate of drug-likeness (QED) is 0.469. The Balaban J connectivity index is 1.50. The van der Waals surface area contributed by atoms with E-state index in [1.54, 1.807) is 33.4 Å². The third-order valence-corrected chi connectivity index (χ3v) is 9.09. The highest BCUT2D eigenvalue weighted by molar-refractivity contribution is 7.97. The van der Waals surface area contributed by atoms with Crippen LogP contribution in [0.4, 0.5) is 0 Å². The van der Waals surface area contributed by atoms with E-state index in [1.165, 1.54) is 72.5 Å². The Hall–Kier alpha value is -1.99. The largest absolute Gasteiger partial charge is 0.166 e. The summed E-state index contributed by atoms with van der Waals surface area (Å²) in [6, 6.07) is 22.1. The number of rotatable bonds is 3. The Kier molecular flexibility index (Phi) is 4.12. The first-order valence-corrected chi connectivity index (χ1v) is 12.2. The normalized spacial score (nSPS) is 17.0. The molecule has 0 aromatic heterocycles. The van der Waals surface area contributed by atoms with E-state index in [2.05, 4.69) is 54.6 Å². The third kappa shape index (κ3) is 2.83. The number of fused-ring (bicyclic) bond motifs is 3. The molecule has 0 atom stereocenters. The highest BCUT2D eigenvalue weighted by Crippen LogP contribution is 2.37. The second-order valence-corrected chi connectivity index (χ2v) is 10.7. The SMILES string of the molecule is c1cc2c(cc1[S+](c1ccc3c(c1)CCC3)c1ccc3c(c1)CCC3)CCC2. The summed E-state index contributed by atoms with van der Waals surface area (Å²) in [4.78, 5) is 4.53. The molecule has 0 bridgehead atoms. The Morgan fingerprint density at radius 2 is 0.714 bits per heavy atom. The van der Waals surface area contributed by atoms with Gasteiger partial charge in [-0.25, -0.2) is 0 Å². The molecular formula is C27H27S+. The van der Waals surface area contributed by atoms with Crippen LogP contribution >= 0.6 is 0 Å². The van der Waals surface area contributed by atoms with E-state index in [0.29, 0.717) is 0 Å². The van der Waals surface area contributed by atoms with E-state index in [9.17, 15) is 0 Å². The van der Waals surface area contributed by atoms with E-state index in [4.69, 9.17) is 0 Å². The lowest BCUT2D eigenvalue weighted by Gasteiger charge is -2.12. The molecule has 0 fully saturated rings. The molecule has 0 saturated heterocycles. The molecule has 0 spiro atoms. The van der Waals surface area contributed by atoms with Gasteiger partial charge in [-0.05, 0) is 128 Å². The Labute approximate surface area is 171 Å². The van der Waals surface area contributed by atoms with Gasteiger partial charge in [0.25, 0.3) is 0 Å². The molecule has 3 aliphatic rings. The third-order valence-electron chi connectivity index (χ3n) is 6.92. The fourth-order valence-corrected chi connectivity index (χ4v) is 7.64. The molecule has 140 valence electrons. The molecular weight excluding hydrogens is 356 g/mol. The van der Waals surface area contributed by atoms with Crippen LogP contribution in [0.1, 0.15) is 52.6 Å². The van der Waals surface area contributed by atoms with E-state index in [1.807, 2.05) is 0 Å². The molecule has 0 radical (unpaired) electrons. The van der Waals surface area contributed by atoms with Crippen LogP contribution in [0.2, 0.25) is 0 Å². The zero-order chi connectivity index (χ0) is 18.5. The van der Waals surface area contributed by atoms with Gasteiger partial charge in [0.05, 0.1) is 10.9 Å². The van der Waals surface area contributed by atoms with Crippen molar-refractivity contribution in [1.82, 2.24) is 0 Å². The summed E-state index contributed by atoms with van der Waals surface area (Å²) >= 11 is 0. The Bertz CT molecular complexity index is 925. The molecule has 0 aliphatic heterocycles. The van der Waals surface area contributed by atoms with Crippen molar-refractivity contribution >= 4 is 10.9 Å². The van der Waals surface area contributed by atoms with E-state index in [0.717, 1.165) is 0 Å². The van der Waals surface area contributed by atoms with Crippen LogP contribution in [-0.2, 0) is 49.4 Å². The van der Waals surface area contributed by atoms with Gasteiger partial charge in [-0.2, -0.15) is 0 Å². The molecule has 0 nitrogen and oxygen atoms in total. The van der Waals surface area contributed by atoms with Crippen molar-refractivity contribution in [3.8, 4) is 0 Å². The molecule has 3 aliphatic carbocycles. The maximum Gasteiger partial charge on any atom is 0.166 e. The lowest BCUT2D eigenvalue weighted by Crippen LogP contribution is -2.07. The summed E-state index contributed by atoms with van der Waals surface area (Å²) in [6.45, 7) is 0. The molecule has 0 N–H and O–H groups in total. The van der Waals surface area contributed by atoms with Gasteiger partial charge in [0.15, 0.2) is 14.7 Å². The van der Waals surface area contributed by atoms with E-state index >= 15 is 0 Å². The van der Waals surface area contributed by atoms with Crippen molar-refractivity contribution in [1.29, 1.82) is 0 Å². The monoisotopic (exact) mass is 383 g/mol. The van der Waals surface area contributed by atoms with Crippen LogP contribution < -0.4 is 0 Å². The molecule has 3 aromatic carbocycles. The maximum absolute atomic E-state index is 2.53. The van der Waals surface area contributed by atoms with Crippen molar-refractivity contribution in [3.05, 3.63) is 88.0 Å². The van der Waals surface area contributed by atoms with Crippen LogP contribution in [-0.4, -0.2) is 0 Å². The minimum Gasteiger partial charge on any atom is -0.0538 e. The molecule has 3 aromatic rings. The molecule has 0 saturated carbocycles. The topological polar surface area (TPSA) is 0 Å². The first-order chi connectivity index (χ1) is 13.8. The zero-order valence-corrected chi connectivity index (χ0v) is 17.3. The lowest BCUT2D eigenvalue weighted by molar-refractivity contribution is 0.911. The number of hydrogen-bond acceptors (Lipinski definition) is 0. The van der Waals surface area contributed by atoms with Crippen LogP contribution in [0, 0.1) is 0 Å². The van der Waals surface area contributed by atoms with Crippen LogP contribution in [0.3, 0.4) is 0 Å². The fraction of sp³-hybridized carbons (Fsp3) is 0.333. The highest BCUT2D eigenvalue weighted by Gasteiger charge is 2.32. The van der Waals surface area contributed by atoms with Gasteiger partial charge in [0, 0.05) is 0 Å². The van der Waals surface area contributed by atoms with Crippen LogP contribution in [0.5, 0.6) is 0 Å². The molecule has 0 amide bonds. The summed E-state index contributed by atoms with van der Waals surface area (Å²) in [5, 5.41) is 0. The zero-order valence-electron chi connectivity index (χ0n) is 16.5. The summed E-state index contributed by atoms with van der Waals surface area (Å²) in [7, 11) is 0.00824. The van der Waals surface area contributed by atoms with Gasteiger partial charge in [0.2, 0.25) is 0 Å². The van der Waals surface area contributed by atoms with Gasteiger partial charge in [-0.3, -0.25) is 0 Å². The summed E-state index contributed by atoms with van der Waals surface area (Å²) in [5.74, 6) is 0. The number of benzene rings is 3. The van der Waals surface area contributed by atoms with Crippen molar-refractivity contribution in [2.24, 2.45) is 0 Å². The van der Waals surface area contributed by atoms with Gasteiger partial charge in [-0.1, -0.05) is 18.2 Å². The Morgan fingerprint density at radius 1 is 0.393 bits per heavy atom. The van der Waals surface area contributed by atoms with Gasteiger partial charge in [0.1, 0.15) is 0 Å². The second kappa shape index (κ2) is 6.81. The highest BCUT2D eigenvalue weighted by atomic mass is 32.2. The van der Waals surface area contributed by atoms with Crippen LogP contribution in [0.15, 0.2) is 69.3 Å². The minimum atomic E-state index is 0.00824. The van der Waals surface area contributed by atoms with Gasteiger partial charge < -0.3 is 0 Å². The second-order valence-electron chi connectivity index (χ2n) is 8.66. The fourth-order valence-electron chi connectivity index (χ4n) is 5.43. The number of hydrogen-bond donors (Lipinski definition) is 0. The van der Waals surface area contributed by atoms with Gasteiger partial charge in [-0.15, -0.1) is 0 Å². The van der Waals surface area contributed by atoms with Crippen molar-refractivity contribution < 1.29 is 0 Å². The molecule has 1 heteroatoms. The first kappa shape index (κ1) is 16.9. The first-order valence-electron chi connectivity index (χ1n) is 10.9. The summed E-state index contributed by atoms with van der Waals surface area (Å²) < 4.78 is 0. The maximum atomic E-state index is 2.53. The predicted molar refractivity (Wildman–Crippen MR) is 118 cm³/mol. The average molecular weight is 384 g/mol. The van der Waals surface area contributed by atoms with E-state index < -0.39 is 0 Å². The van der Waals surface area contributed by atoms with Crippen LogP contribution in [0.25, 0.3) is 0 Å². The number of aryl methyl sites for hydroxylation is 6. The van der Waals surface area contributed by atoms with E-state index in [-0.39, 0.29) is 10.9 Å². The molecule has 0 heterocycles. The molecule has 6 rings (SSSR count). The van der Waals surface area contributed by atoms with Gasteiger partial charge >= 0.3 is 0 Å². The van der Waals surface area contributed by atoms with Crippen molar-refractivity contribution in [2.75, 3.05) is 0 Å². The standard InChI is InChI=1S/C27H27S/c1-4-19-10-13-25(16-22(19)7-1)28(26-14-11-20-5-2-8-23(20)17-26)27-15-12-21-6-3-9-24(21)18-27/h10-18H,1-9H2/q+1. The average Bonchev–Trinajstić information content (AvgIpc) is 3.47.